The van der Waals surface area contributed by atoms with Gasteiger partial charge in [-0.15, -0.1) is 11.3 Å². The number of nitrogens with one attached hydrogen (secondary N) is 1. The first-order chi connectivity index (χ1) is 22.7. The number of halogens is 4. The molecule has 1 amide bonds. The number of hydrogen-bond acceptors (Lipinski definition) is 6. The molecule has 1 saturated heterocycles. The van der Waals surface area contributed by atoms with E-state index in [1.54, 1.807) is 23.1 Å². The molecule has 2 unspecified atom stereocenters. The molecule has 7 rings (SSSR count). The van der Waals surface area contributed by atoms with E-state index in [2.05, 4.69) is 20.2 Å². The molecule has 0 radical (unpaired) electrons. The molecule has 1 N–H and O–H groups in total. The van der Waals surface area contributed by atoms with Gasteiger partial charge in [-0.1, -0.05) is 24.3 Å². The number of hydrogen-bond donors (Lipinski definition) is 1. The first kappa shape index (κ1) is 31.5. The Labute approximate surface area is 273 Å². The summed E-state index contributed by atoms with van der Waals surface area (Å²) >= 11 is 1.24. The van der Waals surface area contributed by atoms with Crippen LogP contribution >= 0.6 is 11.3 Å². The summed E-state index contributed by atoms with van der Waals surface area (Å²) in [6.07, 6.45) is 1.75. The minimum atomic E-state index is -2.79. The van der Waals surface area contributed by atoms with E-state index in [1.807, 2.05) is 31.2 Å². The van der Waals surface area contributed by atoms with Gasteiger partial charge in [-0.05, 0) is 74.0 Å². The number of fused-ring (bicyclic) bond motifs is 2. The highest BCUT2D eigenvalue weighted by Crippen LogP contribution is 2.39. The van der Waals surface area contributed by atoms with E-state index in [-0.39, 0.29) is 23.9 Å². The number of carbonyl (C=O) groups excluding carboxylic acids is 1. The fourth-order valence-electron chi connectivity index (χ4n) is 7.05. The first-order valence-electron chi connectivity index (χ1n) is 15.8. The highest BCUT2D eigenvalue weighted by Gasteiger charge is 2.35. The Kier molecular flexibility index (Phi) is 8.60. The van der Waals surface area contributed by atoms with E-state index in [4.69, 9.17) is 5.10 Å². The Bertz CT molecular complexity index is 1880. The van der Waals surface area contributed by atoms with E-state index in [0.717, 1.165) is 31.5 Å². The van der Waals surface area contributed by atoms with E-state index in [9.17, 15) is 22.4 Å². The van der Waals surface area contributed by atoms with Crippen molar-refractivity contribution in [2.75, 3.05) is 25.0 Å². The number of likely N-dealkylation sites (tertiary alicyclic amines) is 1. The van der Waals surface area contributed by atoms with Crippen molar-refractivity contribution in [3.8, 4) is 11.1 Å². The molecule has 3 aromatic heterocycles. The molecular weight excluding hydrogens is 630 g/mol. The van der Waals surface area contributed by atoms with Crippen LogP contribution in [0.15, 0.2) is 54.4 Å². The van der Waals surface area contributed by atoms with Gasteiger partial charge in [0.05, 0.1) is 24.1 Å². The maximum atomic E-state index is 14.7. The average molecular weight is 666 g/mol. The topological polar surface area (TPSA) is 80.9 Å². The van der Waals surface area contributed by atoms with Crippen LogP contribution in [-0.4, -0.2) is 67.1 Å². The summed E-state index contributed by atoms with van der Waals surface area (Å²) < 4.78 is 60.2. The van der Waals surface area contributed by atoms with Crippen molar-refractivity contribution in [3.63, 3.8) is 0 Å². The molecule has 0 saturated carbocycles. The van der Waals surface area contributed by atoms with Crippen LogP contribution < -0.4 is 5.32 Å². The minimum absolute atomic E-state index is 0.0918. The van der Waals surface area contributed by atoms with Gasteiger partial charge in [-0.3, -0.25) is 14.8 Å². The van der Waals surface area contributed by atoms with Crippen LogP contribution in [0.1, 0.15) is 66.2 Å². The number of nitrogens with zero attached hydrogens (tertiary/aromatic N) is 6. The zero-order valence-electron chi connectivity index (χ0n) is 26.0. The van der Waals surface area contributed by atoms with Crippen molar-refractivity contribution in [3.05, 3.63) is 82.5 Å². The predicted octanol–water partition coefficient (Wildman–Crippen LogP) is 7.26. The third-order valence-electron chi connectivity index (χ3n) is 9.35. The first-order valence-corrected chi connectivity index (χ1v) is 16.7. The lowest BCUT2D eigenvalue weighted by Gasteiger charge is -2.32. The molecule has 8 nitrogen and oxygen atoms in total. The molecular formula is C34H35F4N7OS. The molecule has 0 spiro atoms. The van der Waals surface area contributed by atoms with Gasteiger partial charge in [0.25, 0.3) is 12.3 Å². The average Bonchev–Trinajstić information content (AvgIpc) is 3.85. The van der Waals surface area contributed by atoms with Gasteiger partial charge < -0.3 is 9.47 Å². The molecule has 13 heteroatoms. The molecule has 3 atom stereocenters. The summed E-state index contributed by atoms with van der Waals surface area (Å²) in [7, 11) is 0. The number of piperidine rings is 1. The third kappa shape index (κ3) is 6.18. The van der Waals surface area contributed by atoms with Crippen molar-refractivity contribution in [1.29, 1.82) is 0 Å². The fraction of sp³-hybridized carbons (Fsp3) is 0.412. The molecule has 0 bridgehead atoms. The lowest BCUT2D eigenvalue weighted by molar-refractivity contribution is -0.118. The van der Waals surface area contributed by atoms with Gasteiger partial charge in [0, 0.05) is 47.4 Å². The molecule has 5 heterocycles. The molecule has 2 aromatic carbocycles. The Morgan fingerprint density at radius 2 is 1.89 bits per heavy atom. The van der Waals surface area contributed by atoms with E-state index < -0.39 is 30.7 Å². The number of aromatic nitrogens is 5. The molecule has 47 heavy (non-hydrogen) atoms. The van der Waals surface area contributed by atoms with E-state index >= 15 is 0 Å². The van der Waals surface area contributed by atoms with E-state index in [1.165, 1.54) is 40.2 Å². The number of amides is 1. The highest BCUT2D eigenvalue weighted by molar-refractivity contribution is 7.13. The lowest BCUT2D eigenvalue weighted by atomic mass is 9.87. The van der Waals surface area contributed by atoms with E-state index in [0.29, 0.717) is 45.6 Å². The van der Waals surface area contributed by atoms with Gasteiger partial charge in [0.2, 0.25) is 0 Å². The summed E-state index contributed by atoms with van der Waals surface area (Å²) in [4.78, 5) is 24.5. The molecule has 2 aliphatic heterocycles. The van der Waals surface area contributed by atoms with Gasteiger partial charge in [-0.25, -0.2) is 27.5 Å². The molecule has 5 aromatic rings. The Morgan fingerprint density at radius 3 is 2.57 bits per heavy atom. The lowest BCUT2D eigenvalue weighted by Crippen LogP contribution is -2.36. The second-order valence-corrected chi connectivity index (χ2v) is 13.4. The minimum Gasteiger partial charge on any atom is -0.331 e. The number of rotatable bonds is 9. The van der Waals surface area contributed by atoms with Crippen LogP contribution in [0, 0.1) is 6.92 Å². The van der Waals surface area contributed by atoms with Crippen LogP contribution in [0.25, 0.3) is 22.0 Å². The normalized spacial score (nSPS) is 18.6. The second-order valence-electron chi connectivity index (χ2n) is 12.5. The number of thiazole rings is 1. The maximum Gasteiger partial charge on any atom is 0.264 e. The molecule has 1 fully saturated rings. The van der Waals surface area contributed by atoms with Gasteiger partial charge in [-0.2, -0.15) is 5.10 Å². The summed E-state index contributed by atoms with van der Waals surface area (Å²) in [6, 6.07) is 8.38. The summed E-state index contributed by atoms with van der Waals surface area (Å²) in [5.74, 6) is -0.149. The molecule has 246 valence electrons. The van der Waals surface area contributed by atoms with Crippen molar-refractivity contribution in [2.24, 2.45) is 0 Å². The Morgan fingerprint density at radius 1 is 1.13 bits per heavy atom. The second kappa shape index (κ2) is 12.8. The van der Waals surface area contributed by atoms with Crippen LogP contribution in [0.3, 0.4) is 0 Å². The smallest absolute Gasteiger partial charge is 0.264 e. The highest BCUT2D eigenvalue weighted by atomic mass is 32.1. The van der Waals surface area contributed by atoms with Crippen molar-refractivity contribution < 1.29 is 22.4 Å². The quantitative estimate of drug-likeness (QED) is 0.168. The molecule has 2 aliphatic rings. The summed E-state index contributed by atoms with van der Waals surface area (Å²) in [5, 5.41) is 9.85. The van der Waals surface area contributed by atoms with Crippen molar-refractivity contribution in [1.82, 2.24) is 29.2 Å². The SMILES string of the molecule is Cc1c(-c2ccc(C3CCN(CC(C)F)CC3)cc2)cc(C(F)F)c2cn(C(C(=O)Nc3nccs3)c3ncn4c3C[C@@H](F)C4)nc12. The monoisotopic (exact) mass is 665 g/mol. The summed E-state index contributed by atoms with van der Waals surface area (Å²) in [5.41, 5.74) is 4.34. The predicted molar refractivity (Wildman–Crippen MR) is 174 cm³/mol. The van der Waals surface area contributed by atoms with Crippen molar-refractivity contribution >= 4 is 33.3 Å². The number of imidazole rings is 1. The molecule has 0 aliphatic carbocycles. The van der Waals surface area contributed by atoms with Crippen LogP contribution in [0.2, 0.25) is 0 Å². The van der Waals surface area contributed by atoms with Gasteiger partial charge in [0.15, 0.2) is 11.2 Å². The Hall–Kier alpha value is -4.10. The van der Waals surface area contributed by atoms with Gasteiger partial charge >= 0.3 is 0 Å². The van der Waals surface area contributed by atoms with Crippen LogP contribution in [-0.2, 0) is 17.8 Å². The number of benzene rings is 2. The third-order valence-corrected chi connectivity index (χ3v) is 10.0. The standard InChI is InChI=1S/C34H35F4N7OS/c1-19(35)15-43-10-7-22(8-11-43)21-3-5-23(6-4-21)25-14-26(32(37)38)27-17-45(42-29(27)20(25)2)31(33(46)41-34-39-9-12-47-34)30-28-13-24(36)16-44(28)18-40-30/h3-6,9,12,14,17-19,22,24,31-32H,7-8,10-11,13,15-16H2,1-2H3,(H,39,41,46)/t19?,24-,31?/m1/s1. The van der Waals surface area contributed by atoms with Crippen LogP contribution in [0.5, 0.6) is 0 Å². The zero-order valence-corrected chi connectivity index (χ0v) is 26.9. The fourth-order valence-corrected chi connectivity index (χ4v) is 7.58. The number of carbonyl (C=O) groups is 1. The number of alkyl halides is 4. The summed E-state index contributed by atoms with van der Waals surface area (Å²) in [6.45, 7) is 5.70. The maximum absolute atomic E-state index is 14.7. The number of anilines is 1. The van der Waals surface area contributed by atoms with Crippen LogP contribution in [0.4, 0.5) is 22.7 Å². The van der Waals surface area contributed by atoms with Crippen molar-refractivity contribution in [2.45, 2.75) is 70.4 Å². The Balaban J connectivity index is 1.24. The van der Waals surface area contributed by atoms with Gasteiger partial charge in [0.1, 0.15) is 12.3 Å². The number of aryl methyl sites for hydroxylation is 1. The largest absolute Gasteiger partial charge is 0.331 e. The zero-order chi connectivity index (χ0) is 32.8.